The number of hydrogen-bond acceptors (Lipinski definition) is 5. The van der Waals surface area contributed by atoms with Crippen LogP contribution in [0.4, 0.5) is 11.4 Å². The number of carbonyl (C=O) groups excluding carboxylic acids is 1. The van der Waals surface area contributed by atoms with Crippen LogP contribution in [0.15, 0.2) is 66.7 Å². The monoisotopic (exact) mass is 429 g/mol. The Balaban J connectivity index is 1.90. The van der Waals surface area contributed by atoms with Crippen molar-refractivity contribution in [2.45, 2.75) is 19.4 Å². The SMILES string of the molecule is COc1cc2c(cc1OC)/C(=C(/Nc1cccc(C(C)(C)N)c1)c1ccccc1)C(=O)N2. The molecular formula is C26H27N3O3. The van der Waals surface area contributed by atoms with E-state index >= 15 is 0 Å². The lowest BCUT2D eigenvalue weighted by Gasteiger charge is -2.21. The maximum absolute atomic E-state index is 13.2. The van der Waals surface area contributed by atoms with Gasteiger partial charge in [0.1, 0.15) is 0 Å². The van der Waals surface area contributed by atoms with Crippen LogP contribution in [-0.2, 0) is 10.3 Å². The van der Waals surface area contributed by atoms with Crippen molar-refractivity contribution >= 4 is 28.6 Å². The summed E-state index contributed by atoms with van der Waals surface area (Å²) in [7, 11) is 3.15. The fourth-order valence-electron chi connectivity index (χ4n) is 3.77. The van der Waals surface area contributed by atoms with Crippen molar-refractivity contribution in [3.8, 4) is 11.5 Å². The van der Waals surface area contributed by atoms with Crippen molar-refractivity contribution < 1.29 is 14.3 Å². The highest BCUT2D eigenvalue weighted by atomic mass is 16.5. The number of rotatable bonds is 6. The molecule has 0 unspecified atom stereocenters. The summed E-state index contributed by atoms with van der Waals surface area (Å²) in [4.78, 5) is 13.2. The van der Waals surface area contributed by atoms with Crippen molar-refractivity contribution in [2.24, 2.45) is 5.73 Å². The van der Waals surface area contributed by atoms with Gasteiger partial charge in [0.05, 0.1) is 31.2 Å². The highest BCUT2D eigenvalue weighted by Gasteiger charge is 2.30. The predicted molar refractivity (Wildman–Crippen MR) is 129 cm³/mol. The molecule has 4 rings (SSSR count). The summed E-state index contributed by atoms with van der Waals surface area (Å²) in [6.07, 6.45) is 0. The Hall–Kier alpha value is -3.77. The minimum Gasteiger partial charge on any atom is -0.493 e. The third-order valence-electron chi connectivity index (χ3n) is 5.46. The molecule has 1 amide bonds. The normalized spacial score (nSPS) is 14.5. The number of methoxy groups -OCH3 is 2. The van der Waals surface area contributed by atoms with Crippen LogP contribution in [0.2, 0.25) is 0 Å². The first-order valence-corrected chi connectivity index (χ1v) is 10.4. The number of carbonyl (C=O) groups is 1. The zero-order valence-electron chi connectivity index (χ0n) is 18.7. The third-order valence-corrected chi connectivity index (χ3v) is 5.46. The summed E-state index contributed by atoms with van der Waals surface area (Å²) in [5.74, 6) is 0.913. The quantitative estimate of drug-likeness (QED) is 0.489. The Morgan fingerprint density at radius 1 is 0.938 bits per heavy atom. The van der Waals surface area contributed by atoms with Gasteiger partial charge in [-0.15, -0.1) is 0 Å². The number of amides is 1. The van der Waals surface area contributed by atoms with E-state index in [4.69, 9.17) is 15.2 Å². The molecule has 0 fully saturated rings. The fraction of sp³-hybridized carbons (Fsp3) is 0.192. The van der Waals surface area contributed by atoms with Crippen molar-refractivity contribution in [2.75, 3.05) is 24.9 Å². The Morgan fingerprint density at radius 2 is 1.62 bits per heavy atom. The standard InChI is InChI=1S/C26H27N3O3/c1-26(2,27)17-11-8-12-18(13-17)28-24(16-9-6-5-7-10-16)23-19-14-21(31-3)22(32-4)15-20(19)29-25(23)30/h5-15,28H,27H2,1-4H3,(H,29,30)/b24-23-. The van der Waals surface area contributed by atoms with E-state index in [0.717, 1.165) is 22.4 Å². The number of fused-ring (bicyclic) bond motifs is 1. The number of hydrogen-bond donors (Lipinski definition) is 3. The van der Waals surface area contributed by atoms with Crippen LogP contribution >= 0.6 is 0 Å². The zero-order chi connectivity index (χ0) is 22.9. The summed E-state index contributed by atoms with van der Waals surface area (Å²) < 4.78 is 10.9. The smallest absolute Gasteiger partial charge is 0.258 e. The molecule has 0 aromatic heterocycles. The van der Waals surface area contributed by atoms with Crippen LogP contribution in [0.1, 0.15) is 30.5 Å². The molecule has 164 valence electrons. The van der Waals surface area contributed by atoms with E-state index in [1.54, 1.807) is 20.3 Å². The van der Waals surface area contributed by atoms with Gasteiger partial charge in [0.15, 0.2) is 11.5 Å². The molecule has 32 heavy (non-hydrogen) atoms. The number of ether oxygens (including phenoxy) is 2. The van der Waals surface area contributed by atoms with E-state index in [9.17, 15) is 4.79 Å². The van der Waals surface area contributed by atoms with Crippen LogP contribution < -0.4 is 25.8 Å². The van der Waals surface area contributed by atoms with Crippen molar-refractivity contribution in [3.05, 3.63) is 83.4 Å². The van der Waals surface area contributed by atoms with E-state index in [2.05, 4.69) is 10.6 Å². The van der Waals surface area contributed by atoms with Crippen molar-refractivity contribution in [1.29, 1.82) is 0 Å². The third kappa shape index (κ3) is 4.05. The second-order valence-electron chi connectivity index (χ2n) is 8.25. The number of nitrogens with two attached hydrogens (primary N) is 1. The zero-order valence-corrected chi connectivity index (χ0v) is 18.7. The lowest BCUT2D eigenvalue weighted by Crippen LogP contribution is -2.28. The molecule has 6 heteroatoms. The first-order chi connectivity index (χ1) is 15.3. The highest BCUT2D eigenvalue weighted by Crippen LogP contribution is 2.43. The molecule has 0 spiro atoms. The topological polar surface area (TPSA) is 85.6 Å². The molecule has 0 saturated heterocycles. The van der Waals surface area contributed by atoms with Gasteiger partial charge < -0.3 is 25.8 Å². The van der Waals surface area contributed by atoms with E-state index in [1.165, 1.54) is 0 Å². The average molecular weight is 430 g/mol. The Morgan fingerprint density at radius 3 is 2.28 bits per heavy atom. The lowest BCUT2D eigenvalue weighted by molar-refractivity contribution is -0.110. The molecule has 6 nitrogen and oxygen atoms in total. The highest BCUT2D eigenvalue weighted by molar-refractivity contribution is 6.37. The molecule has 1 heterocycles. The van der Waals surface area contributed by atoms with Crippen LogP contribution in [-0.4, -0.2) is 20.1 Å². The van der Waals surface area contributed by atoms with E-state index in [1.807, 2.05) is 74.5 Å². The van der Waals surface area contributed by atoms with E-state index in [0.29, 0.717) is 28.5 Å². The van der Waals surface area contributed by atoms with Crippen molar-refractivity contribution in [3.63, 3.8) is 0 Å². The van der Waals surface area contributed by atoms with Gasteiger partial charge in [-0.2, -0.15) is 0 Å². The number of nitrogens with one attached hydrogen (secondary N) is 2. The first-order valence-electron chi connectivity index (χ1n) is 10.4. The van der Waals surface area contributed by atoms with Crippen molar-refractivity contribution in [1.82, 2.24) is 0 Å². The second-order valence-corrected chi connectivity index (χ2v) is 8.25. The average Bonchev–Trinajstić information content (AvgIpc) is 3.11. The number of anilines is 2. The van der Waals surface area contributed by atoms with Crippen LogP contribution in [0.3, 0.4) is 0 Å². The van der Waals surface area contributed by atoms with Crippen LogP contribution in [0.5, 0.6) is 11.5 Å². The van der Waals surface area contributed by atoms with E-state index < -0.39 is 5.54 Å². The minimum atomic E-state index is -0.487. The lowest BCUT2D eigenvalue weighted by atomic mass is 9.95. The molecule has 3 aromatic rings. The van der Waals surface area contributed by atoms with Gasteiger partial charge in [-0.05, 0) is 43.2 Å². The Labute approximate surface area is 188 Å². The molecule has 0 aliphatic carbocycles. The molecule has 1 aliphatic heterocycles. The van der Waals surface area contributed by atoms with Crippen LogP contribution in [0, 0.1) is 0 Å². The summed E-state index contributed by atoms with van der Waals surface area (Å²) in [5.41, 5.74) is 11.2. The predicted octanol–water partition coefficient (Wildman–Crippen LogP) is 4.83. The molecule has 0 saturated carbocycles. The molecule has 0 atom stereocenters. The molecule has 1 aliphatic rings. The largest absolute Gasteiger partial charge is 0.493 e. The minimum absolute atomic E-state index is 0.197. The summed E-state index contributed by atoms with van der Waals surface area (Å²) in [5, 5.41) is 6.43. The van der Waals surface area contributed by atoms with Crippen LogP contribution in [0.25, 0.3) is 11.3 Å². The van der Waals surface area contributed by atoms with Gasteiger partial charge in [-0.3, -0.25) is 4.79 Å². The number of benzene rings is 3. The molecular weight excluding hydrogens is 402 g/mol. The summed E-state index contributed by atoms with van der Waals surface area (Å²) in [6.45, 7) is 3.92. The first kappa shape index (κ1) is 21.5. The Kier molecular flexibility index (Phi) is 5.63. The van der Waals surface area contributed by atoms with Gasteiger partial charge in [-0.1, -0.05) is 42.5 Å². The molecule has 0 radical (unpaired) electrons. The second kappa shape index (κ2) is 8.40. The summed E-state index contributed by atoms with van der Waals surface area (Å²) >= 11 is 0. The van der Waals surface area contributed by atoms with Gasteiger partial charge in [0.2, 0.25) is 0 Å². The maximum Gasteiger partial charge on any atom is 0.258 e. The fourth-order valence-corrected chi connectivity index (χ4v) is 3.77. The maximum atomic E-state index is 13.2. The van der Waals surface area contributed by atoms with Gasteiger partial charge in [-0.25, -0.2) is 0 Å². The Bertz CT molecular complexity index is 1190. The molecule has 3 aromatic carbocycles. The summed E-state index contributed by atoms with van der Waals surface area (Å²) in [6, 6.07) is 21.3. The van der Waals surface area contributed by atoms with Gasteiger partial charge in [0, 0.05) is 22.9 Å². The van der Waals surface area contributed by atoms with E-state index in [-0.39, 0.29) is 5.91 Å². The molecule has 4 N–H and O–H groups in total. The van der Waals surface area contributed by atoms with Gasteiger partial charge >= 0.3 is 0 Å². The molecule has 0 bridgehead atoms. The van der Waals surface area contributed by atoms with Gasteiger partial charge in [0.25, 0.3) is 5.91 Å².